The fourth-order valence-corrected chi connectivity index (χ4v) is 0.0703. The first kappa shape index (κ1) is 3.06. The Kier molecular flexibility index (Phi) is 0.310. The smallest absolute Gasteiger partial charge is 0.240 e. The molecule has 0 aromatic carbocycles. The van der Waals surface area contributed by atoms with Gasteiger partial charge >= 0.3 is 5.98 Å². The third-order valence-corrected chi connectivity index (χ3v) is 0.383. The van der Waals surface area contributed by atoms with Gasteiger partial charge < -0.3 is 0 Å². The van der Waals surface area contributed by atoms with Crippen LogP contribution < -0.4 is 5.48 Å². The maximum atomic E-state index is 11.5. The number of hydrogen-bond donors (Lipinski definition) is 1. The highest BCUT2D eigenvalue weighted by Crippen LogP contribution is 2.17. The van der Waals surface area contributed by atoms with Crippen LogP contribution in [0.25, 0.3) is 0 Å². The second-order valence-corrected chi connectivity index (χ2v) is 1.12. The lowest BCUT2D eigenvalue weighted by atomic mass is 10.7. The van der Waals surface area contributed by atoms with Gasteiger partial charge in [0.05, 0.1) is 0 Å². The summed E-state index contributed by atoms with van der Waals surface area (Å²) in [5.41, 5.74) is 2.01. The van der Waals surface area contributed by atoms with Crippen molar-refractivity contribution in [3.63, 3.8) is 0 Å². The quantitative estimate of drug-likeness (QED) is 0.330. The first-order chi connectivity index (χ1) is 2.21. The fraction of sp³-hybridized carbons (Fsp3) is 1.00. The first-order valence-corrected chi connectivity index (χ1v) is 1.35. The average Bonchev–Trinajstić information content (AvgIpc) is 1.76. The van der Waals surface area contributed by atoms with Gasteiger partial charge in [-0.3, -0.25) is 0 Å². The highest BCUT2D eigenvalue weighted by Gasteiger charge is 2.38. The zero-order chi connectivity index (χ0) is 3.91. The lowest BCUT2D eigenvalue weighted by Gasteiger charge is -1.72. The molecular formula is C2H4FNO. The first-order valence-electron chi connectivity index (χ1n) is 1.35. The van der Waals surface area contributed by atoms with E-state index in [1.807, 2.05) is 5.48 Å². The normalized spacial score (nSPS) is 49.2. The SMILES string of the molecule is CC1(F)NO1. The Morgan fingerprint density at radius 3 is 2.20 bits per heavy atom. The maximum absolute atomic E-state index is 11.5. The number of alkyl halides is 1. The van der Waals surface area contributed by atoms with Gasteiger partial charge in [-0.25, -0.2) is 4.84 Å². The third kappa shape index (κ3) is 0.560. The minimum Gasteiger partial charge on any atom is -0.240 e. The van der Waals surface area contributed by atoms with Crippen LogP contribution in [-0.2, 0) is 4.84 Å². The largest absolute Gasteiger partial charge is 0.300 e. The van der Waals surface area contributed by atoms with E-state index in [4.69, 9.17) is 0 Å². The van der Waals surface area contributed by atoms with E-state index in [2.05, 4.69) is 4.84 Å². The van der Waals surface area contributed by atoms with Crippen molar-refractivity contribution in [1.82, 2.24) is 5.48 Å². The topological polar surface area (TPSA) is 34.5 Å². The zero-order valence-electron chi connectivity index (χ0n) is 2.79. The van der Waals surface area contributed by atoms with Crippen molar-refractivity contribution in [2.45, 2.75) is 12.9 Å². The number of rotatable bonds is 0. The van der Waals surface area contributed by atoms with Crippen molar-refractivity contribution >= 4 is 0 Å². The molecule has 0 aliphatic carbocycles. The van der Waals surface area contributed by atoms with Crippen LogP contribution >= 0.6 is 0 Å². The van der Waals surface area contributed by atoms with E-state index < -0.39 is 5.98 Å². The summed E-state index contributed by atoms with van der Waals surface area (Å²) in [5.74, 6) is -1.50. The van der Waals surface area contributed by atoms with Gasteiger partial charge in [0.15, 0.2) is 0 Å². The zero-order valence-corrected chi connectivity index (χ0v) is 2.79. The minimum atomic E-state index is -1.50. The van der Waals surface area contributed by atoms with Crippen molar-refractivity contribution in [3.05, 3.63) is 0 Å². The summed E-state index contributed by atoms with van der Waals surface area (Å²) >= 11 is 0. The Balaban J connectivity index is 2.38. The molecule has 1 atom stereocenters. The van der Waals surface area contributed by atoms with Gasteiger partial charge in [0, 0.05) is 6.92 Å². The van der Waals surface area contributed by atoms with E-state index in [-0.39, 0.29) is 0 Å². The van der Waals surface area contributed by atoms with Gasteiger partial charge in [0.25, 0.3) is 0 Å². The molecule has 0 aromatic heterocycles. The molecule has 1 rings (SSSR count). The molecule has 0 saturated carbocycles. The number of nitrogens with one attached hydrogen (secondary N) is 1. The van der Waals surface area contributed by atoms with Gasteiger partial charge in [-0.05, 0) is 0 Å². The molecule has 1 unspecified atom stereocenters. The summed E-state index contributed by atoms with van der Waals surface area (Å²) in [6.07, 6.45) is 0. The molecule has 1 heterocycles. The molecule has 0 aromatic rings. The molecule has 1 aliphatic rings. The summed E-state index contributed by atoms with van der Waals surface area (Å²) in [6, 6.07) is 0. The molecule has 0 amide bonds. The van der Waals surface area contributed by atoms with E-state index in [1.165, 1.54) is 6.92 Å². The summed E-state index contributed by atoms with van der Waals surface area (Å²) in [7, 11) is 0. The van der Waals surface area contributed by atoms with E-state index in [9.17, 15) is 4.39 Å². The van der Waals surface area contributed by atoms with Gasteiger partial charge in [-0.1, -0.05) is 0 Å². The molecule has 0 spiro atoms. The number of halogens is 1. The van der Waals surface area contributed by atoms with Crippen molar-refractivity contribution in [1.29, 1.82) is 0 Å². The van der Waals surface area contributed by atoms with Gasteiger partial charge in [-0.2, -0.15) is 4.39 Å². The average molecular weight is 77.1 g/mol. The molecule has 1 saturated heterocycles. The van der Waals surface area contributed by atoms with Crippen LogP contribution in [-0.4, -0.2) is 5.98 Å². The van der Waals surface area contributed by atoms with E-state index in [0.29, 0.717) is 0 Å². The molecule has 2 nitrogen and oxygen atoms in total. The fourth-order valence-electron chi connectivity index (χ4n) is 0.0703. The van der Waals surface area contributed by atoms with Gasteiger partial charge in [0.1, 0.15) is 0 Å². The van der Waals surface area contributed by atoms with Crippen LogP contribution in [0.3, 0.4) is 0 Å². The van der Waals surface area contributed by atoms with E-state index in [0.717, 1.165) is 0 Å². The van der Waals surface area contributed by atoms with E-state index >= 15 is 0 Å². The van der Waals surface area contributed by atoms with Gasteiger partial charge in [0.2, 0.25) is 0 Å². The van der Waals surface area contributed by atoms with E-state index in [1.54, 1.807) is 0 Å². The lowest BCUT2D eigenvalue weighted by Crippen LogP contribution is -1.95. The van der Waals surface area contributed by atoms with Crippen LogP contribution in [0.1, 0.15) is 6.92 Å². The maximum Gasteiger partial charge on any atom is 0.300 e. The second-order valence-electron chi connectivity index (χ2n) is 1.12. The van der Waals surface area contributed by atoms with Crippen LogP contribution in [0.2, 0.25) is 0 Å². The van der Waals surface area contributed by atoms with Crippen LogP contribution in [0.4, 0.5) is 4.39 Å². The van der Waals surface area contributed by atoms with Crippen molar-refractivity contribution in [2.75, 3.05) is 0 Å². The summed E-state index contributed by atoms with van der Waals surface area (Å²) in [5, 5.41) is 0. The van der Waals surface area contributed by atoms with Crippen molar-refractivity contribution < 1.29 is 9.23 Å². The summed E-state index contributed by atoms with van der Waals surface area (Å²) in [4.78, 5) is 3.98. The second kappa shape index (κ2) is 0.507. The third-order valence-electron chi connectivity index (χ3n) is 0.383. The van der Waals surface area contributed by atoms with Crippen LogP contribution in [0.15, 0.2) is 0 Å². The molecule has 1 aliphatic heterocycles. The molecule has 1 N–H and O–H groups in total. The molecule has 0 radical (unpaired) electrons. The van der Waals surface area contributed by atoms with Gasteiger partial charge in [-0.15, -0.1) is 5.48 Å². The predicted molar refractivity (Wildman–Crippen MR) is 13.7 cm³/mol. The Labute approximate surface area is 28.9 Å². The molecule has 0 bridgehead atoms. The molecule has 30 valence electrons. The van der Waals surface area contributed by atoms with Crippen molar-refractivity contribution in [3.8, 4) is 0 Å². The molecule has 1 fully saturated rings. The molecule has 3 heteroatoms. The van der Waals surface area contributed by atoms with Crippen molar-refractivity contribution in [2.24, 2.45) is 0 Å². The predicted octanol–water partition coefficient (Wildman–Crippen LogP) is 0.164. The monoisotopic (exact) mass is 77.0 g/mol. The summed E-state index contributed by atoms with van der Waals surface area (Å²) in [6.45, 7) is 1.30. The minimum absolute atomic E-state index is 1.30. The standard InChI is InChI=1S/C2H4FNO/c1-2(3)4-5-2/h4H,1H3. The lowest BCUT2D eigenvalue weighted by molar-refractivity contribution is 0.161. The Hall–Kier alpha value is -0.150. The number of hydroxylamine groups is 1. The highest BCUT2D eigenvalue weighted by molar-refractivity contribution is 4.57. The highest BCUT2D eigenvalue weighted by atomic mass is 19.2. The Bertz CT molecular complexity index is 47.6. The molecule has 5 heavy (non-hydrogen) atoms. The number of hydrogen-bond acceptors (Lipinski definition) is 2. The van der Waals surface area contributed by atoms with Crippen LogP contribution in [0.5, 0.6) is 0 Å². The molecular weight excluding hydrogens is 73.0 g/mol. The summed E-state index contributed by atoms with van der Waals surface area (Å²) < 4.78 is 11.5. The Morgan fingerprint density at radius 2 is 2.20 bits per heavy atom. The van der Waals surface area contributed by atoms with Crippen LogP contribution in [0, 0.1) is 0 Å². The Morgan fingerprint density at radius 1 is 2.00 bits per heavy atom.